The normalized spacial score (nSPS) is 13.9. The van der Waals surface area contributed by atoms with Gasteiger partial charge in [-0.05, 0) is 29.8 Å². The van der Waals surface area contributed by atoms with Crippen molar-refractivity contribution in [3.8, 4) is 11.4 Å². The number of hydrogen-bond acceptors (Lipinski definition) is 3. The maximum atomic E-state index is 6.19. The molecule has 0 atom stereocenters. The van der Waals surface area contributed by atoms with Gasteiger partial charge in [0.05, 0.1) is 15.7 Å². The van der Waals surface area contributed by atoms with Gasteiger partial charge in [-0.2, -0.15) is 0 Å². The molecule has 0 fully saturated rings. The van der Waals surface area contributed by atoms with Crippen LogP contribution in [0.3, 0.4) is 0 Å². The van der Waals surface area contributed by atoms with E-state index in [-0.39, 0.29) is 0 Å². The quantitative estimate of drug-likeness (QED) is 0.383. The summed E-state index contributed by atoms with van der Waals surface area (Å²) < 4.78 is 2.27. The Balaban J connectivity index is 1.29. The maximum absolute atomic E-state index is 6.19. The molecule has 0 saturated heterocycles. The van der Waals surface area contributed by atoms with Gasteiger partial charge in [-0.3, -0.25) is 4.90 Å². The van der Waals surface area contributed by atoms with Gasteiger partial charge in [0, 0.05) is 61.8 Å². The smallest absolute Gasteiger partial charge is 0.159 e. The first kappa shape index (κ1) is 20.3. The monoisotopic (exact) mass is 448 g/mol. The molecule has 1 aliphatic heterocycles. The summed E-state index contributed by atoms with van der Waals surface area (Å²) in [5, 5.41) is 1.18. The standard InChI is InChI=1S/C25H22Cl2N4/c26-22-9-8-18(13-23(22)27)15-31-11-4-7-21(31)17-30-12-10-24-20(16-30)14-28-25(29-24)19-5-2-1-3-6-19/h1-9,11,13-14H,10,12,15-17H2. The van der Waals surface area contributed by atoms with E-state index in [1.165, 1.54) is 11.3 Å². The number of fused-ring (bicyclic) bond motifs is 1. The predicted molar refractivity (Wildman–Crippen MR) is 125 cm³/mol. The van der Waals surface area contributed by atoms with Crippen LogP contribution in [0.15, 0.2) is 73.1 Å². The van der Waals surface area contributed by atoms with Crippen LogP contribution in [0.5, 0.6) is 0 Å². The fourth-order valence-corrected chi connectivity index (χ4v) is 4.37. The second-order valence-corrected chi connectivity index (χ2v) is 8.68. The van der Waals surface area contributed by atoms with E-state index in [1.54, 1.807) is 0 Å². The minimum Gasteiger partial charge on any atom is -0.346 e. The van der Waals surface area contributed by atoms with Crippen LogP contribution in [0.25, 0.3) is 11.4 Å². The first-order chi connectivity index (χ1) is 15.2. The van der Waals surface area contributed by atoms with Crippen LogP contribution in [0.4, 0.5) is 0 Å². The Morgan fingerprint density at radius 1 is 0.903 bits per heavy atom. The van der Waals surface area contributed by atoms with E-state index in [0.29, 0.717) is 10.0 Å². The summed E-state index contributed by atoms with van der Waals surface area (Å²) in [4.78, 5) is 11.9. The van der Waals surface area contributed by atoms with Crippen LogP contribution in [-0.2, 0) is 26.1 Å². The maximum Gasteiger partial charge on any atom is 0.159 e. The Kier molecular flexibility index (Phi) is 5.77. The SMILES string of the molecule is Clc1ccc(Cn2cccc2CN2CCc3nc(-c4ccccc4)ncc3C2)cc1Cl. The zero-order valence-electron chi connectivity index (χ0n) is 17.0. The molecule has 0 radical (unpaired) electrons. The molecule has 2 aromatic heterocycles. The van der Waals surface area contributed by atoms with Crippen molar-refractivity contribution in [2.24, 2.45) is 0 Å². The van der Waals surface area contributed by atoms with Crippen LogP contribution in [0, 0.1) is 0 Å². The second kappa shape index (κ2) is 8.83. The van der Waals surface area contributed by atoms with Gasteiger partial charge in [-0.15, -0.1) is 0 Å². The van der Waals surface area contributed by atoms with Gasteiger partial charge >= 0.3 is 0 Å². The Bertz CT molecular complexity index is 1200. The Morgan fingerprint density at radius 3 is 2.61 bits per heavy atom. The number of aromatic nitrogens is 3. The van der Waals surface area contributed by atoms with E-state index in [2.05, 4.69) is 44.9 Å². The lowest BCUT2D eigenvalue weighted by atomic mass is 10.1. The predicted octanol–water partition coefficient (Wildman–Crippen LogP) is 5.86. The number of rotatable bonds is 5. The molecule has 5 rings (SSSR count). The molecule has 31 heavy (non-hydrogen) atoms. The second-order valence-electron chi connectivity index (χ2n) is 7.87. The average Bonchev–Trinajstić information content (AvgIpc) is 3.23. The molecule has 4 aromatic rings. The van der Waals surface area contributed by atoms with Crippen molar-refractivity contribution < 1.29 is 0 Å². The van der Waals surface area contributed by atoms with Crippen molar-refractivity contribution in [1.29, 1.82) is 0 Å². The fourth-order valence-electron chi connectivity index (χ4n) is 4.05. The van der Waals surface area contributed by atoms with Gasteiger partial charge in [-0.1, -0.05) is 59.6 Å². The van der Waals surface area contributed by atoms with Gasteiger partial charge in [-0.25, -0.2) is 9.97 Å². The Morgan fingerprint density at radius 2 is 1.77 bits per heavy atom. The highest BCUT2D eigenvalue weighted by Gasteiger charge is 2.20. The average molecular weight is 449 g/mol. The van der Waals surface area contributed by atoms with Crippen molar-refractivity contribution >= 4 is 23.2 Å². The highest BCUT2D eigenvalue weighted by molar-refractivity contribution is 6.42. The first-order valence-corrected chi connectivity index (χ1v) is 11.1. The minimum atomic E-state index is 0.586. The van der Waals surface area contributed by atoms with E-state index in [9.17, 15) is 0 Å². The van der Waals surface area contributed by atoms with E-state index >= 15 is 0 Å². The molecule has 0 amide bonds. The first-order valence-electron chi connectivity index (χ1n) is 10.4. The van der Waals surface area contributed by atoms with Gasteiger partial charge in [0.2, 0.25) is 0 Å². The summed E-state index contributed by atoms with van der Waals surface area (Å²) in [6, 6.07) is 20.3. The van der Waals surface area contributed by atoms with Gasteiger partial charge < -0.3 is 4.57 Å². The topological polar surface area (TPSA) is 34.0 Å². The third-order valence-corrected chi connectivity index (χ3v) is 6.43. The summed E-state index contributed by atoms with van der Waals surface area (Å²) in [7, 11) is 0. The highest BCUT2D eigenvalue weighted by Crippen LogP contribution is 2.25. The van der Waals surface area contributed by atoms with Crippen LogP contribution >= 0.6 is 23.2 Å². The lowest BCUT2D eigenvalue weighted by molar-refractivity contribution is 0.237. The van der Waals surface area contributed by atoms with Crippen LogP contribution in [0.2, 0.25) is 10.0 Å². The number of benzene rings is 2. The molecule has 1 aliphatic rings. The zero-order valence-corrected chi connectivity index (χ0v) is 18.5. The summed E-state index contributed by atoms with van der Waals surface area (Å²) in [5.74, 6) is 0.809. The van der Waals surface area contributed by atoms with Crippen LogP contribution < -0.4 is 0 Å². The summed E-state index contributed by atoms with van der Waals surface area (Å²) in [6.07, 6.45) is 5.04. The summed E-state index contributed by atoms with van der Waals surface area (Å²) >= 11 is 12.2. The van der Waals surface area contributed by atoms with Crippen molar-refractivity contribution in [1.82, 2.24) is 19.4 Å². The van der Waals surface area contributed by atoms with Crippen LogP contribution in [0.1, 0.15) is 22.5 Å². The number of nitrogens with zero attached hydrogens (tertiary/aromatic N) is 4. The largest absolute Gasteiger partial charge is 0.346 e. The number of hydrogen-bond donors (Lipinski definition) is 0. The lowest BCUT2D eigenvalue weighted by Gasteiger charge is -2.28. The van der Waals surface area contributed by atoms with Crippen molar-refractivity contribution in [3.63, 3.8) is 0 Å². The van der Waals surface area contributed by atoms with Crippen molar-refractivity contribution in [2.75, 3.05) is 6.54 Å². The molecule has 3 heterocycles. The Labute approximate surface area is 192 Å². The third kappa shape index (κ3) is 4.52. The molecule has 6 heteroatoms. The molecule has 2 aromatic carbocycles. The summed E-state index contributed by atoms with van der Waals surface area (Å²) in [6.45, 7) is 3.50. The molecule has 0 spiro atoms. The van der Waals surface area contributed by atoms with E-state index < -0.39 is 0 Å². The minimum absolute atomic E-state index is 0.586. The number of halogens is 2. The molecule has 156 valence electrons. The Hall–Kier alpha value is -2.66. The van der Waals surface area contributed by atoms with Gasteiger partial charge in [0.25, 0.3) is 0 Å². The molecule has 4 nitrogen and oxygen atoms in total. The highest BCUT2D eigenvalue weighted by atomic mass is 35.5. The van der Waals surface area contributed by atoms with E-state index in [0.717, 1.165) is 55.2 Å². The molecule has 0 aliphatic carbocycles. The van der Waals surface area contributed by atoms with Crippen molar-refractivity contribution in [2.45, 2.75) is 26.1 Å². The van der Waals surface area contributed by atoms with E-state index in [1.807, 2.05) is 42.6 Å². The van der Waals surface area contributed by atoms with E-state index in [4.69, 9.17) is 28.2 Å². The molecular formula is C25H22Cl2N4. The molecule has 0 N–H and O–H groups in total. The molecular weight excluding hydrogens is 427 g/mol. The molecule has 0 bridgehead atoms. The van der Waals surface area contributed by atoms with Crippen molar-refractivity contribution in [3.05, 3.63) is 106 Å². The van der Waals surface area contributed by atoms with Gasteiger partial charge in [0.15, 0.2) is 5.82 Å². The zero-order chi connectivity index (χ0) is 21.2. The summed E-state index contributed by atoms with van der Waals surface area (Å²) in [5.41, 5.74) is 5.85. The third-order valence-electron chi connectivity index (χ3n) is 5.69. The van der Waals surface area contributed by atoms with Crippen LogP contribution in [-0.4, -0.2) is 26.0 Å². The lowest BCUT2D eigenvalue weighted by Crippen LogP contribution is -2.31. The molecule has 0 saturated carbocycles. The molecule has 0 unspecified atom stereocenters. The fraction of sp³-hybridized carbons (Fsp3) is 0.200. The van der Waals surface area contributed by atoms with Gasteiger partial charge in [0.1, 0.15) is 0 Å².